The number of aromatic nitrogens is 2. The molecular weight excluding hydrogens is 434 g/mol. The molecule has 0 unspecified atom stereocenters. The fraction of sp³-hybridized carbons (Fsp3) is 0.241. The van der Waals surface area contributed by atoms with Gasteiger partial charge in [-0.15, -0.1) is 0 Å². The van der Waals surface area contributed by atoms with Crippen LogP contribution in [0.25, 0.3) is 23.4 Å². The van der Waals surface area contributed by atoms with Crippen LogP contribution in [0.2, 0.25) is 0 Å². The van der Waals surface area contributed by atoms with Crippen LogP contribution in [-0.2, 0) is 6.54 Å². The third-order valence-corrected chi connectivity index (χ3v) is 6.28. The third kappa shape index (κ3) is 6.44. The quantitative estimate of drug-likeness (QED) is 0.283. The minimum atomic E-state index is 0.679. The molecular formula is C29H31N5O. The Hall–Kier alpha value is -3.74. The SMILES string of the molecule is C(=Cc1ccc(-c2cc(CNCCN3CCN(c4ccccn4)CC3)on2)cc1)c1ccccc1. The first-order valence-electron chi connectivity index (χ1n) is 12.2. The summed E-state index contributed by atoms with van der Waals surface area (Å²) in [5.41, 5.74) is 4.27. The first-order chi connectivity index (χ1) is 17.3. The van der Waals surface area contributed by atoms with Gasteiger partial charge in [0.1, 0.15) is 11.5 Å². The molecule has 0 spiro atoms. The smallest absolute Gasteiger partial charge is 0.151 e. The second-order valence-electron chi connectivity index (χ2n) is 8.74. The van der Waals surface area contributed by atoms with E-state index in [-0.39, 0.29) is 0 Å². The Morgan fingerprint density at radius 2 is 1.57 bits per heavy atom. The lowest BCUT2D eigenvalue weighted by atomic mass is 10.1. The van der Waals surface area contributed by atoms with Crippen molar-refractivity contribution in [1.29, 1.82) is 0 Å². The van der Waals surface area contributed by atoms with Crippen molar-refractivity contribution in [3.63, 3.8) is 0 Å². The molecule has 35 heavy (non-hydrogen) atoms. The van der Waals surface area contributed by atoms with E-state index < -0.39 is 0 Å². The molecule has 0 radical (unpaired) electrons. The molecule has 2 aromatic carbocycles. The predicted octanol–water partition coefficient (Wildman–Crippen LogP) is 4.82. The topological polar surface area (TPSA) is 57.4 Å². The van der Waals surface area contributed by atoms with Crippen LogP contribution in [0.15, 0.2) is 89.6 Å². The number of benzene rings is 2. The number of hydrogen-bond acceptors (Lipinski definition) is 6. The van der Waals surface area contributed by atoms with Gasteiger partial charge in [-0.25, -0.2) is 4.98 Å². The molecule has 1 N–H and O–H groups in total. The highest BCUT2D eigenvalue weighted by Gasteiger charge is 2.17. The average Bonchev–Trinajstić information content (AvgIpc) is 3.41. The van der Waals surface area contributed by atoms with Crippen molar-refractivity contribution < 1.29 is 4.52 Å². The molecule has 0 bridgehead atoms. The van der Waals surface area contributed by atoms with Gasteiger partial charge in [0.05, 0.1) is 6.54 Å². The molecule has 6 nitrogen and oxygen atoms in total. The summed E-state index contributed by atoms with van der Waals surface area (Å²) in [6, 6.07) is 26.8. The second kappa shape index (κ2) is 11.6. The first kappa shape index (κ1) is 23.0. The van der Waals surface area contributed by atoms with Crippen molar-refractivity contribution in [2.24, 2.45) is 0 Å². The van der Waals surface area contributed by atoms with Gasteiger partial charge in [-0.1, -0.05) is 78.0 Å². The van der Waals surface area contributed by atoms with E-state index >= 15 is 0 Å². The van der Waals surface area contributed by atoms with Crippen LogP contribution in [0.5, 0.6) is 0 Å². The van der Waals surface area contributed by atoms with Crippen molar-refractivity contribution in [3.05, 3.63) is 102 Å². The maximum atomic E-state index is 5.56. The van der Waals surface area contributed by atoms with E-state index in [0.717, 1.165) is 67.7 Å². The molecule has 0 aliphatic carbocycles. The van der Waals surface area contributed by atoms with Crippen molar-refractivity contribution in [2.75, 3.05) is 44.2 Å². The highest BCUT2D eigenvalue weighted by molar-refractivity contribution is 5.71. The number of pyridine rings is 1. The second-order valence-corrected chi connectivity index (χ2v) is 8.74. The normalized spacial score (nSPS) is 14.6. The Morgan fingerprint density at radius 1 is 0.829 bits per heavy atom. The van der Waals surface area contributed by atoms with Crippen LogP contribution in [-0.4, -0.2) is 54.3 Å². The maximum Gasteiger partial charge on any atom is 0.151 e. The molecule has 1 aliphatic heterocycles. The lowest BCUT2D eigenvalue weighted by Gasteiger charge is -2.35. The largest absolute Gasteiger partial charge is 0.359 e. The van der Waals surface area contributed by atoms with E-state index in [2.05, 4.69) is 79.9 Å². The average molecular weight is 466 g/mol. The molecule has 1 fully saturated rings. The summed E-state index contributed by atoms with van der Waals surface area (Å²) >= 11 is 0. The minimum Gasteiger partial charge on any atom is -0.359 e. The van der Waals surface area contributed by atoms with Crippen LogP contribution in [0.1, 0.15) is 16.9 Å². The molecule has 1 aliphatic rings. The van der Waals surface area contributed by atoms with E-state index in [1.807, 2.05) is 42.6 Å². The Bertz CT molecular complexity index is 1200. The number of piperazine rings is 1. The van der Waals surface area contributed by atoms with Gasteiger partial charge in [-0.05, 0) is 23.3 Å². The summed E-state index contributed by atoms with van der Waals surface area (Å²) in [6.45, 7) is 6.77. The Balaban J connectivity index is 1.04. The van der Waals surface area contributed by atoms with E-state index in [0.29, 0.717) is 6.54 Å². The summed E-state index contributed by atoms with van der Waals surface area (Å²) in [7, 11) is 0. The van der Waals surface area contributed by atoms with Crippen molar-refractivity contribution in [3.8, 4) is 11.3 Å². The number of hydrogen-bond donors (Lipinski definition) is 1. The van der Waals surface area contributed by atoms with Crippen LogP contribution >= 0.6 is 0 Å². The van der Waals surface area contributed by atoms with Gasteiger partial charge in [-0.2, -0.15) is 0 Å². The Morgan fingerprint density at radius 3 is 2.31 bits per heavy atom. The summed E-state index contributed by atoms with van der Waals surface area (Å²) < 4.78 is 5.56. The number of rotatable bonds is 9. The third-order valence-electron chi connectivity index (χ3n) is 6.28. The van der Waals surface area contributed by atoms with Crippen LogP contribution < -0.4 is 10.2 Å². The zero-order valence-electron chi connectivity index (χ0n) is 19.9. The minimum absolute atomic E-state index is 0.679. The van der Waals surface area contributed by atoms with Gasteiger partial charge in [0.15, 0.2) is 5.76 Å². The first-order valence-corrected chi connectivity index (χ1v) is 12.2. The van der Waals surface area contributed by atoms with E-state index in [1.54, 1.807) is 0 Å². The summed E-state index contributed by atoms with van der Waals surface area (Å²) in [6.07, 6.45) is 6.10. The number of nitrogens with one attached hydrogen (secondary N) is 1. The van der Waals surface area contributed by atoms with Crippen LogP contribution in [0.3, 0.4) is 0 Å². The summed E-state index contributed by atoms with van der Waals surface area (Å²) in [5.74, 6) is 1.93. The standard InChI is InChI=1S/C29H31N5O/c1-2-6-24(7-3-1)9-10-25-11-13-26(14-12-25)28-22-27(35-32-28)23-30-16-17-33-18-20-34(21-19-33)29-8-4-5-15-31-29/h1-15,22,30H,16-21,23H2. The van der Waals surface area contributed by atoms with Gasteiger partial charge in [-0.3, -0.25) is 4.90 Å². The zero-order valence-corrected chi connectivity index (χ0v) is 19.9. The Labute approximate surface area is 206 Å². The summed E-state index contributed by atoms with van der Waals surface area (Å²) in [5, 5.41) is 7.75. The van der Waals surface area contributed by atoms with Crippen molar-refractivity contribution in [1.82, 2.24) is 20.4 Å². The van der Waals surface area contributed by atoms with Crippen LogP contribution in [0, 0.1) is 0 Å². The molecule has 6 heteroatoms. The van der Waals surface area contributed by atoms with Crippen LogP contribution in [0.4, 0.5) is 5.82 Å². The number of anilines is 1. The molecule has 4 aromatic rings. The van der Waals surface area contributed by atoms with E-state index in [1.165, 1.54) is 5.56 Å². The Kier molecular flexibility index (Phi) is 7.63. The lowest BCUT2D eigenvalue weighted by molar-refractivity contribution is 0.255. The molecule has 178 valence electrons. The van der Waals surface area contributed by atoms with E-state index in [9.17, 15) is 0 Å². The molecule has 0 amide bonds. The molecule has 5 rings (SSSR count). The maximum absolute atomic E-state index is 5.56. The molecule has 2 aromatic heterocycles. The van der Waals surface area contributed by atoms with Crippen molar-refractivity contribution in [2.45, 2.75) is 6.54 Å². The highest BCUT2D eigenvalue weighted by atomic mass is 16.5. The van der Waals surface area contributed by atoms with Crippen molar-refractivity contribution >= 4 is 18.0 Å². The van der Waals surface area contributed by atoms with Gasteiger partial charge in [0.2, 0.25) is 0 Å². The fourth-order valence-electron chi connectivity index (χ4n) is 4.24. The van der Waals surface area contributed by atoms with Gasteiger partial charge in [0, 0.05) is 57.1 Å². The predicted molar refractivity (Wildman–Crippen MR) is 142 cm³/mol. The molecule has 3 heterocycles. The van der Waals surface area contributed by atoms with E-state index in [4.69, 9.17) is 4.52 Å². The van der Waals surface area contributed by atoms with Gasteiger partial charge >= 0.3 is 0 Å². The molecule has 1 saturated heterocycles. The highest BCUT2D eigenvalue weighted by Crippen LogP contribution is 2.20. The van der Waals surface area contributed by atoms with Gasteiger partial charge < -0.3 is 14.7 Å². The zero-order chi connectivity index (χ0) is 23.7. The summed E-state index contributed by atoms with van der Waals surface area (Å²) in [4.78, 5) is 9.31. The fourth-order valence-corrected chi connectivity index (χ4v) is 4.24. The molecule has 0 saturated carbocycles. The van der Waals surface area contributed by atoms with Gasteiger partial charge in [0.25, 0.3) is 0 Å². The number of nitrogens with zero attached hydrogens (tertiary/aromatic N) is 4. The lowest BCUT2D eigenvalue weighted by Crippen LogP contribution is -2.48. The monoisotopic (exact) mass is 465 g/mol. The molecule has 0 atom stereocenters.